The molecule has 23 heavy (non-hydrogen) atoms. The minimum atomic E-state index is -0.466. The van der Waals surface area contributed by atoms with Gasteiger partial charge in [-0.2, -0.15) is 0 Å². The first kappa shape index (κ1) is 16.0. The zero-order valence-electron chi connectivity index (χ0n) is 13.1. The number of carbonyl (C=O) groups is 1. The minimum absolute atomic E-state index is 0.218. The summed E-state index contributed by atoms with van der Waals surface area (Å²) in [6, 6.07) is 5.57. The fourth-order valence-corrected chi connectivity index (χ4v) is 4.16. The Bertz CT molecular complexity index is 854. The summed E-state index contributed by atoms with van der Waals surface area (Å²) in [7, 11) is 1.33. The highest BCUT2D eigenvalue weighted by atomic mass is 32.2. The summed E-state index contributed by atoms with van der Waals surface area (Å²) < 4.78 is 10.1. The molecule has 0 amide bonds. The number of hydrogen-bond acceptors (Lipinski definition) is 7. The van der Waals surface area contributed by atoms with Crippen molar-refractivity contribution in [2.75, 3.05) is 7.11 Å². The summed E-state index contributed by atoms with van der Waals surface area (Å²) in [5.41, 5.74) is 0. The van der Waals surface area contributed by atoms with Gasteiger partial charge in [0.15, 0.2) is 0 Å². The largest absolute Gasteiger partial charge is 0.463 e. The first-order valence-electron chi connectivity index (χ1n) is 7.17. The van der Waals surface area contributed by atoms with Crippen LogP contribution in [0.25, 0.3) is 10.2 Å². The summed E-state index contributed by atoms with van der Waals surface area (Å²) in [5.74, 6) is 1.83. The molecule has 0 N–H and O–H groups in total. The van der Waals surface area contributed by atoms with Crippen molar-refractivity contribution in [2.24, 2.45) is 0 Å². The van der Waals surface area contributed by atoms with E-state index in [1.807, 2.05) is 6.92 Å². The van der Waals surface area contributed by atoms with Gasteiger partial charge in [-0.25, -0.2) is 14.8 Å². The molecule has 3 rings (SSSR count). The highest BCUT2D eigenvalue weighted by molar-refractivity contribution is 7.98. The van der Waals surface area contributed by atoms with Crippen molar-refractivity contribution in [1.29, 1.82) is 0 Å². The van der Waals surface area contributed by atoms with Crippen LogP contribution in [0.1, 0.15) is 33.9 Å². The van der Waals surface area contributed by atoms with Crippen molar-refractivity contribution in [1.82, 2.24) is 9.97 Å². The van der Waals surface area contributed by atoms with E-state index in [2.05, 4.69) is 27.7 Å². The number of ether oxygens (including phenoxy) is 1. The number of nitrogens with zero attached hydrogens (tertiary/aromatic N) is 2. The Kier molecular flexibility index (Phi) is 4.68. The molecular formula is C16H16N2O3S2. The predicted octanol–water partition coefficient (Wildman–Crippen LogP) is 4.23. The molecule has 0 radical (unpaired) electrons. The highest BCUT2D eigenvalue weighted by Gasteiger charge is 2.14. The Labute approximate surface area is 142 Å². The number of methoxy groups -OCH3 is 1. The van der Waals surface area contributed by atoms with Crippen LogP contribution in [-0.2, 0) is 16.9 Å². The number of aromatic nitrogens is 2. The number of carbonyl (C=O) groups excluding carboxylic acids is 1. The molecule has 0 aromatic carbocycles. The second-order valence-electron chi connectivity index (χ2n) is 4.91. The van der Waals surface area contributed by atoms with Crippen LogP contribution in [0.5, 0.6) is 0 Å². The van der Waals surface area contributed by atoms with Gasteiger partial charge in [-0.1, -0.05) is 18.7 Å². The van der Waals surface area contributed by atoms with Crippen molar-refractivity contribution in [3.05, 3.63) is 40.4 Å². The Morgan fingerprint density at radius 1 is 1.39 bits per heavy atom. The average Bonchev–Trinajstić information content (AvgIpc) is 3.18. The van der Waals surface area contributed by atoms with Gasteiger partial charge in [-0.05, 0) is 31.5 Å². The molecule has 0 unspecified atom stereocenters. The van der Waals surface area contributed by atoms with Crippen LogP contribution < -0.4 is 0 Å². The molecule has 0 bridgehead atoms. The number of fused-ring (bicyclic) bond motifs is 1. The summed E-state index contributed by atoms with van der Waals surface area (Å²) >= 11 is 3.29. The van der Waals surface area contributed by atoms with E-state index in [-0.39, 0.29) is 5.76 Å². The predicted molar refractivity (Wildman–Crippen MR) is 91.1 cm³/mol. The summed E-state index contributed by atoms with van der Waals surface area (Å²) in [6.07, 6.45) is 0.991. The Morgan fingerprint density at radius 3 is 2.96 bits per heavy atom. The van der Waals surface area contributed by atoms with Crippen LogP contribution in [-0.4, -0.2) is 23.0 Å². The smallest absolute Gasteiger partial charge is 0.373 e. The Hall–Kier alpha value is -1.86. The Balaban J connectivity index is 1.82. The molecule has 3 aromatic rings. The number of esters is 1. The van der Waals surface area contributed by atoms with Crippen LogP contribution in [0, 0.1) is 6.92 Å². The van der Waals surface area contributed by atoms with Crippen LogP contribution in [0.4, 0.5) is 0 Å². The molecular weight excluding hydrogens is 332 g/mol. The molecule has 0 spiro atoms. The number of thiophene rings is 1. The van der Waals surface area contributed by atoms with Crippen molar-refractivity contribution >= 4 is 39.3 Å². The molecule has 0 atom stereocenters. The molecule has 3 aromatic heterocycles. The van der Waals surface area contributed by atoms with Gasteiger partial charge in [0.25, 0.3) is 0 Å². The maximum Gasteiger partial charge on any atom is 0.373 e. The maximum absolute atomic E-state index is 11.4. The normalized spacial score (nSPS) is 11.1. The molecule has 7 heteroatoms. The lowest BCUT2D eigenvalue weighted by Crippen LogP contribution is -1.98. The van der Waals surface area contributed by atoms with E-state index in [0.29, 0.717) is 11.5 Å². The van der Waals surface area contributed by atoms with Crippen molar-refractivity contribution in [3.63, 3.8) is 0 Å². The summed E-state index contributed by atoms with van der Waals surface area (Å²) in [4.78, 5) is 22.8. The van der Waals surface area contributed by atoms with Crippen LogP contribution >= 0.6 is 23.1 Å². The standard InChI is InChI=1S/C16H16N2O3S2/c1-4-11-7-12-14(17-9(2)18-15(12)23-11)22-8-10-5-6-13(21-10)16(19)20-3/h5-7H,4,8H2,1-3H3. The lowest BCUT2D eigenvalue weighted by atomic mass is 10.3. The minimum Gasteiger partial charge on any atom is -0.463 e. The number of hydrogen-bond donors (Lipinski definition) is 0. The van der Waals surface area contributed by atoms with E-state index in [4.69, 9.17) is 4.42 Å². The maximum atomic E-state index is 11.4. The van der Waals surface area contributed by atoms with Gasteiger partial charge in [0.1, 0.15) is 21.4 Å². The van der Waals surface area contributed by atoms with Gasteiger partial charge >= 0.3 is 5.97 Å². The third-order valence-corrected chi connectivity index (χ3v) is 5.46. The number of thioether (sulfide) groups is 1. The van der Waals surface area contributed by atoms with Crippen molar-refractivity contribution < 1.29 is 13.9 Å². The van der Waals surface area contributed by atoms with Crippen LogP contribution in [0.2, 0.25) is 0 Å². The van der Waals surface area contributed by atoms with E-state index >= 15 is 0 Å². The lowest BCUT2D eigenvalue weighted by Gasteiger charge is -2.02. The average molecular weight is 348 g/mol. The van der Waals surface area contributed by atoms with Crippen molar-refractivity contribution in [2.45, 2.75) is 31.0 Å². The molecule has 0 aliphatic heterocycles. The summed E-state index contributed by atoms with van der Waals surface area (Å²) in [6.45, 7) is 4.03. The molecule has 0 saturated heterocycles. The zero-order valence-corrected chi connectivity index (χ0v) is 14.7. The molecule has 5 nitrogen and oxygen atoms in total. The van der Waals surface area contributed by atoms with Gasteiger partial charge in [0.05, 0.1) is 12.9 Å². The van der Waals surface area contributed by atoms with Crippen molar-refractivity contribution in [3.8, 4) is 0 Å². The van der Waals surface area contributed by atoms with Gasteiger partial charge in [-0.3, -0.25) is 0 Å². The van der Waals surface area contributed by atoms with E-state index in [1.54, 1.807) is 35.2 Å². The highest BCUT2D eigenvalue weighted by Crippen LogP contribution is 2.33. The van der Waals surface area contributed by atoms with Gasteiger partial charge in [-0.15, -0.1) is 11.3 Å². The fraction of sp³-hybridized carbons (Fsp3) is 0.312. The van der Waals surface area contributed by atoms with Gasteiger partial charge < -0.3 is 9.15 Å². The number of furan rings is 1. The number of aryl methyl sites for hydroxylation is 2. The quantitative estimate of drug-likeness (QED) is 0.390. The van der Waals surface area contributed by atoms with E-state index in [1.165, 1.54) is 12.0 Å². The second-order valence-corrected chi connectivity index (χ2v) is 6.99. The lowest BCUT2D eigenvalue weighted by molar-refractivity contribution is 0.0563. The molecule has 0 saturated carbocycles. The van der Waals surface area contributed by atoms with E-state index in [9.17, 15) is 4.79 Å². The topological polar surface area (TPSA) is 65.2 Å². The van der Waals surface area contributed by atoms with E-state index in [0.717, 1.165) is 27.5 Å². The SMILES string of the molecule is CCc1cc2c(SCc3ccc(C(=O)OC)o3)nc(C)nc2s1. The third kappa shape index (κ3) is 3.40. The molecule has 0 fully saturated rings. The van der Waals surface area contributed by atoms with E-state index < -0.39 is 5.97 Å². The van der Waals surface area contributed by atoms with Crippen LogP contribution in [0.3, 0.4) is 0 Å². The molecule has 0 aliphatic rings. The Morgan fingerprint density at radius 2 is 2.22 bits per heavy atom. The molecule has 3 heterocycles. The molecule has 0 aliphatic carbocycles. The van der Waals surface area contributed by atoms with Crippen LogP contribution in [0.15, 0.2) is 27.6 Å². The van der Waals surface area contributed by atoms with Gasteiger partial charge in [0.2, 0.25) is 5.76 Å². The van der Waals surface area contributed by atoms with Gasteiger partial charge in [0, 0.05) is 10.3 Å². The molecule has 120 valence electrons. The summed E-state index contributed by atoms with van der Waals surface area (Å²) in [5, 5.41) is 2.03. The second kappa shape index (κ2) is 6.72. The fourth-order valence-electron chi connectivity index (χ4n) is 2.14. The monoisotopic (exact) mass is 348 g/mol. The first-order valence-corrected chi connectivity index (χ1v) is 8.97. The zero-order chi connectivity index (χ0) is 16.4. The first-order chi connectivity index (χ1) is 11.1. The number of rotatable bonds is 5. The third-order valence-electron chi connectivity index (χ3n) is 3.27.